The fraction of sp³-hybridized carbons (Fsp3) is 0.312. The molecular formula is C16H16N4O2. The Bertz CT molecular complexity index is 782. The number of hydrogen-bond acceptors (Lipinski definition) is 3. The van der Waals surface area contributed by atoms with Gasteiger partial charge in [-0.25, -0.2) is 0 Å². The molecule has 0 aliphatic carbocycles. The molecule has 0 bridgehead atoms. The zero-order chi connectivity index (χ0) is 15.3. The highest BCUT2D eigenvalue weighted by Gasteiger charge is 2.56. The van der Waals surface area contributed by atoms with Gasteiger partial charge in [-0.3, -0.25) is 14.7 Å². The molecule has 3 heterocycles. The number of carbonyl (C=O) groups is 2. The Morgan fingerprint density at radius 3 is 2.91 bits per heavy atom. The maximum Gasteiger partial charge on any atom is 0.242 e. The van der Waals surface area contributed by atoms with E-state index in [1.54, 1.807) is 11.1 Å². The predicted octanol–water partition coefficient (Wildman–Crippen LogP) is 1.79. The van der Waals surface area contributed by atoms with Gasteiger partial charge in [-0.1, -0.05) is 25.1 Å². The predicted molar refractivity (Wildman–Crippen MR) is 81.7 cm³/mol. The molecule has 2 aromatic rings. The van der Waals surface area contributed by atoms with Gasteiger partial charge in [0.15, 0.2) is 0 Å². The lowest BCUT2D eigenvalue weighted by atomic mass is 9.72. The molecule has 1 spiro atoms. The maximum absolute atomic E-state index is 13.2. The minimum absolute atomic E-state index is 0.0342. The molecular weight excluding hydrogens is 280 g/mol. The summed E-state index contributed by atoms with van der Waals surface area (Å²) in [5.74, 6) is 0.323. The number of hydrogen-bond donors (Lipinski definition) is 2. The van der Waals surface area contributed by atoms with Crippen molar-refractivity contribution < 1.29 is 9.59 Å². The van der Waals surface area contributed by atoms with Gasteiger partial charge in [-0.2, -0.15) is 5.10 Å². The van der Waals surface area contributed by atoms with Gasteiger partial charge < -0.3 is 10.2 Å². The summed E-state index contributed by atoms with van der Waals surface area (Å²) in [6.45, 7) is 2.68. The van der Waals surface area contributed by atoms with Crippen molar-refractivity contribution in [3.63, 3.8) is 0 Å². The van der Waals surface area contributed by atoms with Crippen molar-refractivity contribution in [3.8, 4) is 0 Å². The molecule has 1 aromatic heterocycles. The minimum atomic E-state index is -0.948. The summed E-state index contributed by atoms with van der Waals surface area (Å²) in [5.41, 5.74) is 1.60. The van der Waals surface area contributed by atoms with Gasteiger partial charge in [-0.15, -0.1) is 0 Å². The van der Waals surface area contributed by atoms with Crippen molar-refractivity contribution in [3.05, 3.63) is 41.6 Å². The number of nitrogens with zero attached hydrogens (tertiary/aromatic N) is 2. The van der Waals surface area contributed by atoms with E-state index in [1.165, 1.54) is 0 Å². The van der Waals surface area contributed by atoms with Crippen molar-refractivity contribution in [2.24, 2.45) is 0 Å². The molecule has 4 rings (SSSR count). The van der Waals surface area contributed by atoms with E-state index in [0.717, 1.165) is 23.2 Å². The van der Waals surface area contributed by atoms with Crippen LogP contribution in [0.15, 0.2) is 30.5 Å². The van der Waals surface area contributed by atoms with E-state index >= 15 is 0 Å². The molecule has 112 valence electrons. The van der Waals surface area contributed by atoms with E-state index in [9.17, 15) is 9.59 Å². The molecule has 6 nitrogen and oxygen atoms in total. The number of aromatic amines is 1. The van der Waals surface area contributed by atoms with Crippen LogP contribution in [0.5, 0.6) is 0 Å². The van der Waals surface area contributed by atoms with E-state index in [1.807, 2.05) is 31.2 Å². The molecule has 6 heteroatoms. The Kier molecular flexibility index (Phi) is 2.63. The summed E-state index contributed by atoms with van der Waals surface area (Å²) in [4.78, 5) is 27.2. The highest BCUT2D eigenvalue weighted by molar-refractivity contribution is 6.15. The van der Waals surface area contributed by atoms with Gasteiger partial charge >= 0.3 is 0 Å². The number of benzene rings is 1. The van der Waals surface area contributed by atoms with E-state index in [2.05, 4.69) is 15.5 Å². The van der Waals surface area contributed by atoms with E-state index < -0.39 is 5.41 Å². The quantitative estimate of drug-likeness (QED) is 0.887. The lowest BCUT2D eigenvalue weighted by molar-refractivity contribution is -0.126. The standard InChI is InChI=1S/C16H16N4O2/c1-2-7-20-12-6-4-3-5-10(12)16(15(20)22)8-13(21)18-14-11(16)9-17-19-14/h3-6,9H,2,7-8H2,1H3,(H2,17,18,19,21). The monoisotopic (exact) mass is 296 g/mol. The summed E-state index contributed by atoms with van der Waals surface area (Å²) in [6, 6.07) is 7.73. The molecule has 0 saturated heterocycles. The zero-order valence-corrected chi connectivity index (χ0v) is 12.2. The number of nitrogens with one attached hydrogen (secondary N) is 2. The van der Waals surface area contributed by atoms with E-state index in [0.29, 0.717) is 12.4 Å². The van der Waals surface area contributed by atoms with Gasteiger partial charge in [0.2, 0.25) is 11.8 Å². The number of anilines is 2. The van der Waals surface area contributed by atoms with Crippen molar-refractivity contribution in [2.45, 2.75) is 25.2 Å². The topological polar surface area (TPSA) is 78.1 Å². The Labute approximate surface area is 127 Å². The van der Waals surface area contributed by atoms with Crippen LogP contribution in [-0.2, 0) is 15.0 Å². The summed E-state index contributed by atoms with van der Waals surface area (Å²) >= 11 is 0. The molecule has 2 N–H and O–H groups in total. The SMILES string of the molecule is CCCN1C(=O)C2(CC(=O)Nc3[nH]ncc32)c2ccccc21. The van der Waals surface area contributed by atoms with Crippen LogP contribution in [0.2, 0.25) is 0 Å². The van der Waals surface area contributed by atoms with Gasteiger partial charge in [-0.05, 0) is 18.1 Å². The lowest BCUT2D eigenvalue weighted by Crippen LogP contribution is -2.46. The molecule has 2 amide bonds. The Balaban J connectivity index is 2.00. The molecule has 1 aromatic carbocycles. The smallest absolute Gasteiger partial charge is 0.242 e. The van der Waals surface area contributed by atoms with E-state index in [-0.39, 0.29) is 18.2 Å². The van der Waals surface area contributed by atoms with Crippen molar-refractivity contribution in [2.75, 3.05) is 16.8 Å². The van der Waals surface area contributed by atoms with Gasteiger partial charge in [0.25, 0.3) is 0 Å². The third kappa shape index (κ3) is 1.46. The first-order valence-electron chi connectivity index (χ1n) is 7.43. The molecule has 1 atom stereocenters. The summed E-state index contributed by atoms with van der Waals surface area (Å²) < 4.78 is 0. The second kappa shape index (κ2) is 4.43. The van der Waals surface area contributed by atoms with Crippen LogP contribution in [0.25, 0.3) is 0 Å². The summed E-state index contributed by atoms with van der Waals surface area (Å²) in [6.07, 6.45) is 2.63. The van der Waals surface area contributed by atoms with Crippen LogP contribution in [-0.4, -0.2) is 28.6 Å². The lowest BCUT2D eigenvalue weighted by Gasteiger charge is -2.31. The first-order chi connectivity index (χ1) is 10.7. The van der Waals surface area contributed by atoms with Crippen LogP contribution in [0.4, 0.5) is 11.5 Å². The number of fused-ring (bicyclic) bond motifs is 4. The number of carbonyl (C=O) groups excluding carboxylic acids is 2. The fourth-order valence-electron chi connectivity index (χ4n) is 3.63. The largest absolute Gasteiger partial charge is 0.311 e. The first kappa shape index (κ1) is 13.1. The molecule has 2 aliphatic rings. The van der Waals surface area contributed by atoms with Crippen LogP contribution in [0, 0.1) is 0 Å². The molecule has 1 unspecified atom stereocenters. The Hall–Kier alpha value is -2.63. The number of aromatic nitrogens is 2. The normalized spacial score (nSPS) is 22.7. The zero-order valence-electron chi connectivity index (χ0n) is 12.2. The van der Waals surface area contributed by atoms with Crippen LogP contribution in [0.1, 0.15) is 30.9 Å². The third-order valence-corrected chi connectivity index (χ3v) is 4.50. The van der Waals surface area contributed by atoms with Gasteiger partial charge in [0.1, 0.15) is 11.2 Å². The van der Waals surface area contributed by atoms with Gasteiger partial charge in [0, 0.05) is 24.2 Å². The summed E-state index contributed by atoms with van der Waals surface area (Å²) in [7, 11) is 0. The Morgan fingerprint density at radius 1 is 1.27 bits per heavy atom. The second-order valence-electron chi connectivity index (χ2n) is 5.76. The summed E-state index contributed by atoms with van der Waals surface area (Å²) in [5, 5.41) is 9.57. The average molecular weight is 296 g/mol. The van der Waals surface area contributed by atoms with Crippen LogP contribution < -0.4 is 10.2 Å². The average Bonchev–Trinajstić information content (AvgIpc) is 3.06. The van der Waals surface area contributed by atoms with Crippen LogP contribution >= 0.6 is 0 Å². The first-order valence-corrected chi connectivity index (χ1v) is 7.43. The molecule has 0 fully saturated rings. The molecule has 0 saturated carbocycles. The minimum Gasteiger partial charge on any atom is -0.311 e. The van der Waals surface area contributed by atoms with Crippen molar-refractivity contribution in [1.82, 2.24) is 10.2 Å². The fourth-order valence-corrected chi connectivity index (χ4v) is 3.63. The number of para-hydroxylation sites is 1. The van der Waals surface area contributed by atoms with Crippen LogP contribution in [0.3, 0.4) is 0 Å². The van der Waals surface area contributed by atoms with Crippen molar-refractivity contribution in [1.29, 1.82) is 0 Å². The van der Waals surface area contributed by atoms with Gasteiger partial charge in [0.05, 0.1) is 6.20 Å². The molecule has 2 aliphatic heterocycles. The molecule has 22 heavy (non-hydrogen) atoms. The highest BCUT2D eigenvalue weighted by atomic mass is 16.2. The Morgan fingerprint density at radius 2 is 2.09 bits per heavy atom. The van der Waals surface area contributed by atoms with Crippen molar-refractivity contribution >= 4 is 23.3 Å². The number of amides is 2. The molecule has 0 radical (unpaired) electrons. The maximum atomic E-state index is 13.2. The third-order valence-electron chi connectivity index (χ3n) is 4.50. The highest BCUT2D eigenvalue weighted by Crippen LogP contribution is 2.51. The van der Waals surface area contributed by atoms with E-state index in [4.69, 9.17) is 0 Å². The number of H-pyrrole nitrogens is 1. The second-order valence-corrected chi connectivity index (χ2v) is 5.76. The number of rotatable bonds is 2.